The SMILES string of the molecule is CNCCC(O)c1ccc(C(F)(F)F)cc1. The molecule has 0 spiro atoms. The quantitative estimate of drug-likeness (QED) is 0.836. The summed E-state index contributed by atoms with van der Waals surface area (Å²) in [5, 5.41) is 12.5. The first-order valence-electron chi connectivity index (χ1n) is 4.95. The summed E-state index contributed by atoms with van der Waals surface area (Å²) in [7, 11) is 1.75. The Morgan fingerprint density at radius 1 is 1.25 bits per heavy atom. The number of halogens is 3. The molecule has 16 heavy (non-hydrogen) atoms. The molecule has 90 valence electrons. The Hall–Kier alpha value is -1.07. The minimum Gasteiger partial charge on any atom is -0.388 e. The van der Waals surface area contributed by atoms with E-state index in [9.17, 15) is 18.3 Å². The Morgan fingerprint density at radius 3 is 2.25 bits per heavy atom. The minimum atomic E-state index is -4.32. The summed E-state index contributed by atoms with van der Waals surface area (Å²) in [6.07, 6.45) is -4.58. The normalized spacial score (nSPS) is 13.8. The highest BCUT2D eigenvalue weighted by atomic mass is 19.4. The topological polar surface area (TPSA) is 32.3 Å². The third kappa shape index (κ3) is 3.50. The zero-order chi connectivity index (χ0) is 12.2. The molecule has 0 radical (unpaired) electrons. The number of aliphatic hydroxyl groups excluding tert-OH is 1. The summed E-state index contributed by atoms with van der Waals surface area (Å²) in [6, 6.07) is 4.59. The van der Waals surface area contributed by atoms with E-state index in [1.807, 2.05) is 0 Å². The van der Waals surface area contributed by atoms with Gasteiger partial charge in [-0.05, 0) is 37.7 Å². The fraction of sp³-hybridized carbons (Fsp3) is 0.455. The Morgan fingerprint density at radius 2 is 1.81 bits per heavy atom. The van der Waals surface area contributed by atoms with Gasteiger partial charge in [-0.15, -0.1) is 0 Å². The van der Waals surface area contributed by atoms with E-state index in [1.165, 1.54) is 12.1 Å². The van der Waals surface area contributed by atoms with E-state index < -0.39 is 17.8 Å². The summed E-state index contributed by atoms with van der Waals surface area (Å²) < 4.78 is 36.8. The van der Waals surface area contributed by atoms with Crippen molar-refractivity contribution in [2.24, 2.45) is 0 Å². The number of aliphatic hydroxyl groups is 1. The molecule has 2 N–H and O–H groups in total. The predicted molar refractivity (Wildman–Crippen MR) is 54.9 cm³/mol. The second-order valence-electron chi connectivity index (χ2n) is 3.53. The largest absolute Gasteiger partial charge is 0.416 e. The van der Waals surface area contributed by atoms with Gasteiger partial charge in [-0.3, -0.25) is 0 Å². The number of benzene rings is 1. The van der Waals surface area contributed by atoms with Gasteiger partial charge in [-0.25, -0.2) is 0 Å². The van der Waals surface area contributed by atoms with Gasteiger partial charge in [0.05, 0.1) is 11.7 Å². The van der Waals surface area contributed by atoms with Gasteiger partial charge in [-0.1, -0.05) is 12.1 Å². The zero-order valence-electron chi connectivity index (χ0n) is 8.88. The monoisotopic (exact) mass is 233 g/mol. The van der Waals surface area contributed by atoms with Gasteiger partial charge < -0.3 is 10.4 Å². The average Bonchev–Trinajstić information content (AvgIpc) is 2.25. The standard InChI is InChI=1S/C11H14F3NO/c1-15-7-6-10(16)8-2-4-9(5-3-8)11(12,13)14/h2-5,10,15-16H,6-7H2,1H3. The molecule has 0 fully saturated rings. The van der Waals surface area contributed by atoms with E-state index in [4.69, 9.17) is 0 Å². The molecule has 0 aromatic heterocycles. The smallest absolute Gasteiger partial charge is 0.388 e. The molecule has 0 aliphatic heterocycles. The number of hydrogen-bond donors (Lipinski definition) is 2. The predicted octanol–water partition coefficient (Wildman–Crippen LogP) is 2.35. The lowest BCUT2D eigenvalue weighted by atomic mass is 10.0. The van der Waals surface area contributed by atoms with E-state index in [-0.39, 0.29) is 0 Å². The lowest BCUT2D eigenvalue weighted by molar-refractivity contribution is -0.137. The second kappa shape index (κ2) is 5.32. The molecule has 0 amide bonds. The van der Waals surface area contributed by atoms with Gasteiger partial charge >= 0.3 is 6.18 Å². The Kier molecular flexibility index (Phi) is 4.32. The Bertz CT molecular complexity index is 321. The first-order chi connectivity index (χ1) is 7.45. The number of hydrogen-bond acceptors (Lipinski definition) is 2. The van der Waals surface area contributed by atoms with Crippen LogP contribution in [0, 0.1) is 0 Å². The van der Waals surface area contributed by atoms with Crippen molar-refractivity contribution in [3.8, 4) is 0 Å². The Labute approximate surface area is 92.1 Å². The third-order valence-corrected chi connectivity index (χ3v) is 2.29. The fourth-order valence-electron chi connectivity index (χ4n) is 1.34. The van der Waals surface area contributed by atoms with Crippen LogP contribution in [0.15, 0.2) is 24.3 Å². The minimum absolute atomic E-state index is 0.474. The van der Waals surface area contributed by atoms with E-state index in [2.05, 4.69) is 5.32 Å². The van der Waals surface area contributed by atoms with Gasteiger partial charge in [0.2, 0.25) is 0 Å². The van der Waals surface area contributed by atoms with Crippen molar-refractivity contribution in [3.63, 3.8) is 0 Å². The van der Waals surface area contributed by atoms with Crippen molar-refractivity contribution >= 4 is 0 Å². The van der Waals surface area contributed by atoms with Crippen LogP contribution in [0.2, 0.25) is 0 Å². The third-order valence-electron chi connectivity index (χ3n) is 2.29. The maximum atomic E-state index is 12.3. The molecule has 1 aromatic carbocycles. The van der Waals surface area contributed by atoms with Crippen LogP contribution < -0.4 is 5.32 Å². The summed E-state index contributed by atoms with van der Waals surface area (Å²) in [6.45, 7) is 0.613. The molecule has 1 unspecified atom stereocenters. The molecule has 1 aromatic rings. The number of nitrogens with one attached hydrogen (secondary N) is 1. The van der Waals surface area contributed by atoms with E-state index in [1.54, 1.807) is 7.05 Å². The summed E-state index contributed by atoms with van der Waals surface area (Å²) in [5.74, 6) is 0. The highest BCUT2D eigenvalue weighted by Gasteiger charge is 2.30. The van der Waals surface area contributed by atoms with E-state index in [0.717, 1.165) is 12.1 Å². The fourth-order valence-corrected chi connectivity index (χ4v) is 1.34. The molecule has 1 rings (SSSR count). The van der Waals surface area contributed by atoms with Gasteiger partial charge in [0, 0.05) is 0 Å². The molecule has 0 saturated carbocycles. The van der Waals surface area contributed by atoms with E-state index in [0.29, 0.717) is 18.5 Å². The van der Waals surface area contributed by atoms with Crippen molar-refractivity contribution in [1.29, 1.82) is 0 Å². The average molecular weight is 233 g/mol. The molecule has 1 atom stereocenters. The lowest BCUT2D eigenvalue weighted by Crippen LogP contribution is -2.12. The second-order valence-corrected chi connectivity index (χ2v) is 3.53. The first-order valence-corrected chi connectivity index (χ1v) is 4.95. The van der Waals surface area contributed by atoms with Crippen LogP contribution in [0.25, 0.3) is 0 Å². The van der Waals surface area contributed by atoms with Crippen molar-refractivity contribution in [2.75, 3.05) is 13.6 Å². The van der Waals surface area contributed by atoms with Crippen LogP contribution in [-0.2, 0) is 6.18 Å². The number of alkyl halides is 3. The van der Waals surface area contributed by atoms with E-state index >= 15 is 0 Å². The summed E-state index contributed by atoms with van der Waals surface area (Å²) in [4.78, 5) is 0. The molecule has 0 saturated heterocycles. The summed E-state index contributed by atoms with van der Waals surface area (Å²) in [5.41, 5.74) is -0.194. The van der Waals surface area contributed by atoms with Crippen LogP contribution in [0.3, 0.4) is 0 Å². The highest BCUT2D eigenvalue weighted by Crippen LogP contribution is 2.30. The van der Waals surface area contributed by atoms with Crippen molar-refractivity contribution in [1.82, 2.24) is 5.32 Å². The molecule has 2 nitrogen and oxygen atoms in total. The van der Waals surface area contributed by atoms with Crippen LogP contribution in [0.5, 0.6) is 0 Å². The van der Waals surface area contributed by atoms with Gasteiger partial charge in [0.15, 0.2) is 0 Å². The van der Waals surface area contributed by atoms with Gasteiger partial charge in [0.25, 0.3) is 0 Å². The highest BCUT2D eigenvalue weighted by molar-refractivity contribution is 5.25. The molecule has 0 aliphatic rings. The van der Waals surface area contributed by atoms with Crippen LogP contribution in [0.4, 0.5) is 13.2 Å². The van der Waals surface area contributed by atoms with Gasteiger partial charge in [-0.2, -0.15) is 13.2 Å². The summed E-state index contributed by atoms with van der Waals surface area (Å²) >= 11 is 0. The maximum absolute atomic E-state index is 12.3. The molecule has 0 aliphatic carbocycles. The number of rotatable bonds is 4. The Balaban J connectivity index is 2.71. The molecular weight excluding hydrogens is 219 g/mol. The first kappa shape index (κ1) is 13.0. The van der Waals surface area contributed by atoms with Crippen LogP contribution in [-0.4, -0.2) is 18.7 Å². The van der Waals surface area contributed by atoms with Crippen molar-refractivity contribution in [3.05, 3.63) is 35.4 Å². The molecule has 5 heteroatoms. The van der Waals surface area contributed by atoms with Gasteiger partial charge in [0.1, 0.15) is 0 Å². The maximum Gasteiger partial charge on any atom is 0.416 e. The van der Waals surface area contributed by atoms with Crippen LogP contribution >= 0.6 is 0 Å². The lowest BCUT2D eigenvalue weighted by Gasteiger charge is -2.12. The molecular formula is C11H14F3NO. The molecule has 0 bridgehead atoms. The zero-order valence-corrected chi connectivity index (χ0v) is 8.88. The van der Waals surface area contributed by atoms with Crippen molar-refractivity contribution in [2.45, 2.75) is 18.7 Å². The van der Waals surface area contributed by atoms with Crippen molar-refractivity contribution < 1.29 is 18.3 Å². The molecule has 0 heterocycles. The van der Waals surface area contributed by atoms with Crippen LogP contribution in [0.1, 0.15) is 23.7 Å².